The Morgan fingerprint density at radius 3 is 2.78 bits per heavy atom. The number of aliphatic hydroxyl groups excluding tert-OH is 1. The maximum atomic E-state index is 10.0. The molecule has 1 aliphatic rings. The molecule has 0 fully saturated rings. The van der Waals surface area contributed by atoms with Crippen LogP contribution in [0.25, 0.3) is 22.6 Å². The van der Waals surface area contributed by atoms with Crippen LogP contribution in [0, 0.1) is 20.8 Å². The van der Waals surface area contributed by atoms with Gasteiger partial charge in [0, 0.05) is 36.0 Å². The molecule has 4 aromatic rings. The summed E-state index contributed by atoms with van der Waals surface area (Å²) in [4.78, 5) is 20.7. The van der Waals surface area contributed by atoms with Crippen molar-refractivity contribution in [1.82, 2.24) is 30.4 Å². The maximum Gasteiger partial charge on any atom is 0.163 e. The summed E-state index contributed by atoms with van der Waals surface area (Å²) >= 11 is 6.65. The van der Waals surface area contributed by atoms with Crippen molar-refractivity contribution in [1.29, 1.82) is 0 Å². The minimum Gasteiger partial charge on any atom is -0.491 e. The lowest BCUT2D eigenvalue weighted by molar-refractivity contribution is 0.108. The van der Waals surface area contributed by atoms with E-state index in [2.05, 4.69) is 25.3 Å². The molecule has 0 amide bonds. The standard InChI is InChI=1S/C26H28ClN7O3/c1-14-24(23-15(2)33-37-16(23)3)31-25(32-26(14)34-10-17-8-29-13-30-22(17)11-34)20-7-19(5-6-21(20)27)36-12-18(35)9-28-4/h5-8,13,18,28,35H,9-12H2,1-4H3/t18-/m1/s1. The summed E-state index contributed by atoms with van der Waals surface area (Å²) in [6.07, 6.45) is 2.77. The number of fused-ring (bicyclic) bond motifs is 1. The normalized spacial score (nSPS) is 13.6. The summed E-state index contributed by atoms with van der Waals surface area (Å²) in [5.74, 6) is 2.45. The predicted octanol–water partition coefficient (Wildman–Crippen LogP) is 3.65. The highest BCUT2D eigenvalue weighted by Gasteiger charge is 2.27. The van der Waals surface area contributed by atoms with E-state index < -0.39 is 6.10 Å². The van der Waals surface area contributed by atoms with Gasteiger partial charge in [0.15, 0.2) is 5.82 Å². The number of aromatic nitrogens is 5. The van der Waals surface area contributed by atoms with Crippen LogP contribution in [0.2, 0.25) is 5.02 Å². The topological polar surface area (TPSA) is 122 Å². The van der Waals surface area contributed by atoms with Gasteiger partial charge in [0.1, 0.15) is 36.4 Å². The van der Waals surface area contributed by atoms with Crippen molar-refractivity contribution >= 4 is 17.4 Å². The second-order valence-corrected chi connectivity index (χ2v) is 9.47. The summed E-state index contributed by atoms with van der Waals surface area (Å²) in [5, 5.41) is 17.6. The molecule has 4 heterocycles. The van der Waals surface area contributed by atoms with E-state index in [1.807, 2.05) is 27.0 Å². The molecule has 0 saturated carbocycles. The van der Waals surface area contributed by atoms with Crippen LogP contribution in [-0.2, 0) is 13.1 Å². The summed E-state index contributed by atoms with van der Waals surface area (Å²) in [6.45, 7) is 7.57. The fraction of sp³-hybridized carbons (Fsp3) is 0.346. The van der Waals surface area contributed by atoms with Gasteiger partial charge in [0.05, 0.1) is 34.2 Å². The predicted molar refractivity (Wildman–Crippen MR) is 140 cm³/mol. The second-order valence-electron chi connectivity index (χ2n) is 9.06. The van der Waals surface area contributed by atoms with E-state index in [1.165, 1.54) is 0 Å². The van der Waals surface area contributed by atoms with E-state index in [1.54, 1.807) is 31.6 Å². The zero-order chi connectivity index (χ0) is 26.1. The Kier molecular flexibility index (Phi) is 7.05. The van der Waals surface area contributed by atoms with Crippen molar-refractivity contribution in [2.45, 2.75) is 40.0 Å². The average molecular weight is 522 g/mol. The smallest absolute Gasteiger partial charge is 0.163 e. The molecule has 192 valence electrons. The molecule has 2 N–H and O–H groups in total. The number of nitrogens with zero attached hydrogens (tertiary/aromatic N) is 6. The van der Waals surface area contributed by atoms with Crippen molar-refractivity contribution in [3.63, 3.8) is 0 Å². The number of benzene rings is 1. The van der Waals surface area contributed by atoms with Gasteiger partial charge in [-0.3, -0.25) is 0 Å². The summed E-state index contributed by atoms with van der Waals surface area (Å²) < 4.78 is 11.3. The Morgan fingerprint density at radius 1 is 1.22 bits per heavy atom. The van der Waals surface area contributed by atoms with E-state index in [0.29, 0.717) is 47.6 Å². The maximum absolute atomic E-state index is 10.0. The Bertz CT molecular complexity index is 1400. The quantitative estimate of drug-likeness (QED) is 0.355. The van der Waals surface area contributed by atoms with Crippen molar-refractivity contribution in [3.8, 4) is 28.4 Å². The van der Waals surface area contributed by atoms with Gasteiger partial charge >= 0.3 is 0 Å². The fourth-order valence-electron chi connectivity index (χ4n) is 4.50. The van der Waals surface area contributed by atoms with Crippen LogP contribution in [0.15, 0.2) is 35.2 Å². The zero-order valence-corrected chi connectivity index (χ0v) is 21.9. The lowest BCUT2D eigenvalue weighted by atomic mass is 10.0. The highest BCUT2D eigenvalue weighted by atomic mass is 35.5. The van der Waals surface area contributed by atoms with Gasteiger partial charge in [-0.1, -0.05) is 16.8 Å². The van der Waals surface area contributed by atoms with E-state index in [-0.39, 0.29) is 6.61 Å². The number of likely N-dealkylation sites (N-methyl/N-ethyl adjacent to an activating group) is 1. The molecule has 0 spiro atoms. The number of halogens is 1. The third kappa shape index (κ3) is 5.00. The van der Waals surface area contributed by atoms with Gasteiger partial charge in [0.25, 0.3) is 0 Å². The van der Waals surface area contributed by atoms with Gasteiger partial charge in [-0.25, -0.2) is 19.9 Å². The molecule has 0 bridgehead atoms. The average Bonchev–Trinajstić information content (AvgIpc) is 3.46. The third-order valence-electron chi connectivity index (χ3n) is 6.33. The van der Waals surface area contributed by atoms with Crippen molar-refractivity contribution in [2.75, 3.05) is 25.1 Å². The molecule has 11 heteroatoms. The number of aliphatic hydroxyl groups is 1. The fourth-order valence-corrected chi connectivity index (χ4v) is 4.70. The van der Waals surface area contributed by atoms with Crippen LogP contribution < -0.4 is 15.0 Å². The second kappa shape index (κ2) is 10.4. The number of rotatable bonds is 8. The van der Waals surface area contributed by atoms with Crippen LogP contribution in [0.5, 0.6) is 5.75 Å². The number of aryl methyl sites for hydroxylation is 2. The Balaban J connectivity index is 1.60. The van der Waals surface area contributed by atoms with E-state index in [9.17, 15) is 5.11 Å². The third-order valence-corrected chi connectivity index (χ3v) is 6.66. The van der Waals surface area contributed by atoms with E-state index in [0.717, 1.165) is 39.6 Å². The van der Waals surface area contributed by atoms with Gasteiger partial charge in [0.2, 0.25) is 0 Å². The number of hydrogen-bond donors (Lipinski definition) is 2. The molecular weight excluding hydrogens is 494 g/mol. The monoisotopic (exact) mass is 521 g/mol. The number of ether oxygens (including phenoxy) is 1. The zero-order valence-electron chi connectivity index (χ0n) is 21.1. The highest BCUT2D eigenvalue weighted by Crippen LogP contribution is 2.38. The molecule has 0 aliphatic carbocycles. The van der Waals surface area contributed by atoms with Crippen LogP contribution in [0.4, 0.5) is 5.82 Å². The minimum absolute atomic E-state index is 0.138. The number of nitrogens with one attached hydrogen (secondary N) is 1. The molecular formula is C26H28ClN7O3. The van der Waals surface area contributed by atoms with Crippen LogP contribution >= 0.6 is 11.6 Å². The number of anilines is 1. The van der Waals surface area contributed by atoms with Gasteiger partial charge < -0.3 is 24.6 Å². The van der Waals surface area contributed by atoms with E-state index >= 15 is 0 Å². The SMILES string of the molecule is CNC[C@@H](O)COc1ccc(Cl)c(-c2nc(-c3c(C)noc3C)c(C)c(N3Cc4cncnc4C3)n2)c1. The van der Waals surface area contributed by atoms with Crippen molar-refractivity contribution < 1.29 is 14.4 Å². The molecule has 10 nitrogen and oxygen atoms in total. The molecule has 1 aliphatic heterocycles. The van der Waals surface area contributed by atoms with Crippen molar-refractivity contribution in [3.05, 3.63) is 64.0 Å². The first kappa shape index (κ1) is 25.1. The van der Waals surface area contributed by atoms with Crippen molar-refractivity contribution in [2.24, 2.45) is 0 Å². The Labute approximate surface area is 219 Å². The highest BCUT2D eigenvalue weighted by molar-refractivity contribution is 6.33. The first-order valence-electron chi connectivity index (χ1n) is 12.0. The lowest BCUT2D eigenvalue weighted by Gasteiger charge is -2.22. The lowest BCUT2D eigenvalue weighted by Crippen LogP contribution is -2.29. The summed E-state index contributed by atoms with van der Waals surface area (Å²) in [5.41, 5.74) is 5.86. The molecule has 0 saturated heterocycles. The molecule has 0 unspecified atom stereocenters. The molecule has 1 atom stereocenters. The molecule has 3 aromatic heterocycles. The Morgan fingerprint density at radius 2 is 2.05 bits per heavy atom. The minimum atomic E-state index is -0.641. The summed E-state index contributed by atoms with van der Waals surface area (Å²) in [7, 11) is 1.78. The number of hydrogen-bond acceptors (Lipinski definition) is 10. The van der Waals surface area contributed by atoms with Crippen LogP contribution in [0.3, 0.4) is 0 Å². The van der Waals surface area contributed by atoms with Crippen LogP contribution in [0.1, 0.15) is 28.3 Å². The van der Waals surface area contributed by atoms with E-state index in [4.69, 9.17) is 30.8 Å². The first-order chi connectivity index (χ1) is 17.9. The summed E-state index contributed by atoms with van der Waals surface area (Å²) in [6, 6.07) is 5.30. The van der Waals surface area contributed by atoms with Crippen LogP contribution in [-0.4, -0.2) is 56.5 Å². The largest absolute Gasteiger partial charge is 0.491 e. The van der Waals surface area contributed by atoms with Gasteiger partial charge in [-0.15, -0.1) is 0 Å². The molecule has 37 heavy (non-hydrogen) atoms. The molecule has 1 aromatic carbocycles. The van der Waals surface area contributed by atoms with Gasteiger partial charge in [-0.05, 0) is 46.0 Å². The van der Waals surface area contributed by atoms with Gasteiger partial charge in [-0.2, -0.15) is 0 Å². The molecule has 5 rings (SSSR count). The Hall–Kier alpha value is -3.60. The first-order valence-corrected chi connectivity index (χ1v) is 12.3. The molecule has 0 radical (unpaired) electrons.